The number of halogens is 2. The fourth-order valence-corrected chi connectivity index (χ4v) is 1.74. The van der Waals surface area contributed by atoms with E-state index in [1.807, 2.05) is 0 Å². The van der Waals surface area contributed by atoms with E-state index < -0.39 is 0 Å². The Balaban J connectivity index is 2.62. The van der Waals surface area contributed by atoms with Gasteiger partial charge in [0, 0.05) is 17.3 Å². The molecule has 0 saturated heterocycles. The molecule has 1 nitrogen and oxygen atoms in total. The van der Waals surface area contributed by atoms with E-state index in [0.29, 0.717) is 17.5 Å². The van der Waals surface area contributed by atoms with Gasteiger partial charge in [0.2, 0.25) is 0 Å². The molecule has 0 fully saturated rings. The van der Waals surface area contributed by atoms with E-state index in [1.54, 1.807) is 19.1 Å². The summed E-state index contributed by atoms with van der Waals surface area (Å²) in [5.74, 6) is -0.161. The third kappa shape index (κ3) is 3.74. The number of hydrogen-bond acceptors (Lipinski definition) is 1. The molecule has 1 aromatic carbocycles. The van der Waals surface area contributed by atoms with Crippen LogP contribution < -0.4 is 0 Å². The Kier molecular flexibility index (Phi) is 4.95. The second-order valence-corrected chi connectivity index (χ2v) is 4.33. The molecule has 15 heavy (non-hydrogen) atoms. The molecular formula is C12H14BrFO. The second-order valence-electron chi connectivity index (χ2n) is 3.53. The second kappa shape index (κ2) is 6.01. The van der Waals surface area contributed by atoms with Crippen LogP contribution in [0.1, 0.15) is 35.2 Å². The minimum absolute atomic E-state index is 0.0963. The van der Waals surface area contributed by atoms with Crippen molar-refractivity contribution in [2.45, 2.75) is 26.2 Å². The van der Waals surface area contributed by atoms with Crippen molar-refractivity contribution in [1.29, 1.82) is 0 Å². The van der Waals surface area contributed by atoms with Crippen LogP contribution in [0, 0.1) is 12.7 Å². The number of hydrogen-bond donors (Lipinski definition) is 0. The number of rotatable bonds is 5. The number of Topliss-reactive ketones (excluding diaryl/α,β-unsaturated/α-hetero) is 1. The quantitative estimate of drug-likeness (QED) is 0.452. The lowest BCUT2D eigenvalue weighted by molar-refractivity contribution is 0.0980. The van der Waals surface area contributed by atoms with Crippen molar-refractivity contribution in [2.24, 2.45) is 0 Å². The van der Waals surface area contributed by atoms with Crippen molar-refractivity contribution in [3.8, 4) is 0 Å². The fraction of sp³-hybridized carbons (Fsp3) is 0.417. The van der Waals surface area contributed by atoms with E-state index in [4.69, 9.17) is 0 Å². The van der Waals surface area contributed by atoms with Gasteiger partial charge in [-0.05, 0) is 43.5 Å². The van der Waals surface area contributed by atoms with Gasteiger partial charge in [0.05, 0.1) is 0 Å². The van der Waals surface area contributed by atoms with E-state index in [1.165, 1.54) is 6.07 Å². The number of carbonyl (C=O) groups is 1. The van der Waals surface area contributed by atoms with E-state index in [-0.39, 0.29) is 11.6 Å². The highest BCUT2D eigenvalue weighted by atomic mass is 79.9. The summed E-state index contributed by atoms with van der Waals surface area (Å²) in [4.78, 5) is 11.6. The Morgan fingerprint density at radius 3 is 2.73 bits per heavy atom. The molecular weight excluding hydrogens is 259 g/mol. The Hall–Kier alpha value is -0.700. The number of ketones is 1. The molecule has 1 rings (SSSR count). The average molecular weight is 273 g/mol. The smallest absolute Gasteiger partial charge is 0.162 e. The molecule has 0 bridgehead atoms. The van der Waals surface area contributed by atoms with Crippen LogP contribution >= 0.6 is 15.9 Å². The molecule has 0 spiro atoms. The number of alkyl halides is 1. The van der Waals surface area contributed by atoms with Gasteiger partial charge in [-0.1, -0.05) is 15.9 Å². The molecule has 0 amide bonds. The normalized spacial score (nSPS) is 10.3. The minimum Gasteiger partial charge on any atom is -0.294 e. The predicted octanol–water partition coefficient (Wildman–Crippen LogP) is 3.88. The van der Waals surface area contributed by atoms with Crippen molar-refractivity contribution in [2.75, 3.05) is 5.33 Å². The van der Waals surface area contributed by atoms with Gasteiger partial charge in [-0.15, -0.1) is 0 Å². The van der Waals surface area contributed by atoms with Gasteiger partial charge in [-0.3, -0.25) is 4.79 Å². The number of carbonyl (C=O) groups excluding carboxylic acids is 1. The van der Waals surface area contributed by atoms with E-state index >= 15 is 0 Å². The maximum absolute atomic E-state index is 13.0. The fourth-order valence-electron chi connectivity index (χ4n) is 1.34. The Morgan fingerprint density at radius 1 is 1.40 bits per heavy atom. The Morgan fingerprint density at radius 2 is 2.13 bits per heavy atom. The highest BCUT2D eigenvalue weighted by Crippen LogP contribution is 2.12. The lowest BCUT2D eigenvalue weighted by Gasteiger charge is -2.02. The van der Waals surface area contributed by atoms with Crippen molar-refractivity contribution in [3.63, 3.8) is 0 Å². The van der Waals surface area contributed by atoms with Crippen LogP contribution in [0.2, 0.25) is 0 Å². The summed E-state index contributed by atoms with van der Waals surface area (Å²) < 4.78 is 13.0. The van der Waals surface area contributed by atoms with Gasteiger partial charge in [0.15, 0.2) is 5.78 Å². The molecule has 0 aliphatic heterocycles. The molecule has 0 aromatic heterocycles. The summed E-state index contributed by atoms with van der Waals surface area (Å²) in [6, 6.07) is 4.53. The van der Waals surface area contributed by atoms with Gasteiger partial charge < -0.3 is 0 Å². The predicted molar refractivity (Wildman–Crippen MR) is 63.1 cm³/mol. The van der Waals surface area contributed by atoms with Crippen molar-refractivity contribution in [3.05, 3.63) is 35.1 Å². The third-order valence-electron chi connectivity index (χ3n) is 2.27. The largest absolute Gasteiger partial charge is 0.294 e. The molecule has 1 aromatic rings. The SMILES string of the molecule is Cc1cc(C(=O)CCCCBr)ccc1F. The van der Waals surface area contributed by atoms with Gasteiger partial charge in [0.25, 0.3) is 0 Å². The minimum atomic E-state index is -0.257. The summed E-state index contributed by atoms with van der Waals surface area (Å²) in [6.07, 6.45) is 2.41. The van der Waals surface area contributed by atoms with E-state index in [9.17, 15) is 9.18 Å². The van der Waals surface area contributed by atoms with Crippen LogP contribution in [0.3, 0.4) is 0 Å². The summed E-state index contributed by atoms with van der Waals surface area (Å²) >= 11 is 3.32. The van der Waals surface area contributed by atoms with Crippen LogP contribution in [0.25, 0.3) is 0 Å². The lowest BCUT2D eigenvalue weighted by atomic mass is 10.0. The van der Waals surface area contributed by atoms with Gasteiger partial charge >= 0.3 is 0 Å². The first-order valence-electron chi connectivity index (χ1n) is 5.00. The average Bonchev–Trinajstić information content (AvgIpc) is 2.22. The zero-order chi connectivity index (χ0) is 11.3. The molecule has 0 radical (unpaired) electrons. The molecule has 0 heterocycles. The van der Waals surface area contributed by atoms with Gasteiger partial charge in [-0.25, -0.2) is 4.39 Å². The number of unbranched alkanes of at least 4 members (excludes halogenated alkanes) is 1. The first-order chi connectivity index (χ1) is 7.15. The monoisotopic (exact) mass is 272 g/mol. The molecule has 3 heteroatoms. The van der Waals surface area contributed by atoms with Crippen LogP contribution in [0.4, 0.5) is 4.39 Å². The molecule has 0 aliphatic rings. The van der Waals surface area contributed by atoms with E-state index in [2.05, 4.69) is 15.9 Å². The first-order valence-corrected chi connectivity index (χ1v) is 6.12. The van der Waals surface area contributed by atoms with Gasteiger partial charge in [-0.2, -0.15) is 0 Å². The zero-order valence-corrected chi connectivity index (χ0v) is 10.3. The lowest BCUT2D eigenvalue weighted by Crippen LogP contribution is -2.00. The molecule has 0 atom stereocenters. The molecule has 0 saturated carbocycles. The van der Waals surface area contributed by atoms with Crippen molar-refractivity contribution in [1.82, 2.24) is 0 Å². The summed E-state index contributed by atoms with van der Waals surface area (Å²) in [5.41, 5.74) is 1.14. The van der Waals surface area contributed by atoms with Crippen LogP contribution in [-0.4, -0.2) is 11.1 Å². The molecule has 0 unspecified atom stereocenters. The van der Waals surface area contributed by atoms with Crippen molar-refractivity contribution < 1.29 is 9.18 Å². The van der Waals surface area contributed by atoms with Crippen LogP contribution in [0.15, 0.2) is 18.2 Å². The Labute approximate surface area is 97.8 Å². The van der Waals surface area contributed by atoms with Crippen LogP contribution in [0.5, 0.6) is 0 Å². The Bertz CT molecular complexity index is 349. The maximum atomic E-state index is 13.0. The highest BCUT2D eigenvalue weighted by Gasteiger charge is 2.07. The van der Waals surface area contributed by atoms with Crippen molar-refractivity contribution >= 4 is 21.7 Å². The highest BCUT2D eigenvalue weighted by molar-refractivity contribution is 9.09. The first kappa shape index (κ1) is 12.4. The topological polar surface area (TPSA) is 17.1 Å². The number of benzene rings is 1. The zero-order valence-electron chi connectivity index (χ0n) is 8.72. The molecule has 0 N–H and O–H groups in total. The van der Waals surface area contributed by atoms with E-state index in [0.717, 1.165) is 18.2 Å². The maximum Gasteiger partial charge on any atom is 0.162 e. The standard InChI is InChI=1S/C12H14BrFO/c1-9-8-10(5-6-11(9)14)12(15)4-2-3-7-13/h5-6,8H,2-4,7H2,1H3. The summed E-state index contributed by atoms with van der Waals surface area (Å²) in [5, 5.41) is 0.919. The molecule has 0 aliphatic carbocycles. The van der Waals surface area contributed by atoms with Crippen LogP contribution in [-0.2, 0) is 0 Å². The number of aryl methyl sites for hydroxylation is 1. The van der Waals surface area contributed by atoms with Gasteiger partial charge in [0.1, 0.15) is 5.82 Å². The summed E-state index contributed by atoms with van der Waals surface area (Å²) in [7, 11) is 0. The summed E-state index contributed by atoms with van der Waals surface area (Å²) in [6.45, 7) is 1.67. The molecule has 82 valence electrons. The third-order valence-corrected chi connectivity index (χ3v) is 2.83.